The molecule has 0 heterocycles. The quantitative estimate of drug-likeness (QED) is 0.759. The number of hydrogen-bond donors (Lipinski definition) is 1. The predicted molar refractivity (Wildman–Crippen MR) is 60.9 cm³/mol. The van der Waals surface area contributed by atoms with Gasteiger partial charge in [-0.1, -0.05) is 0 Å². The minimum atomic E-state index is 0.503. The number of hydrogen-bond acceptors (Lipinski definition) is 4. The van der Waals surface area contributed by atoms with E-state index in [0.29, 0.717) is 24.4 Å². The van der Waals surface area contributed by atoms with E-state index in [9.17, 15) is 0 Å². The number of anilines is 2. The van der Waals surface area contributed by atoms with Crippen molar-refractivity contribution in [1.29, 1.82) is 5.26 Å². The largest absolute Gasteiger partial charge is 0.495 e. The maximum Gasteiger partial charge on any atom is 0.143 e. The van der Waals surface area contributed by atoms with Crippen LogP contribution in [-0.2, 0) is 0 Å². The van der Waals surface area contributed by atoms with Crippen molar-refractivity contribution < 1.29 is 4.74 Å². The highest BCUT2D eigenvalue weighted by Gasteiger charge is 2.04. The SMILES string of the molecule is COc1cc(N(C)CCC#N)ccc1N. The summed E-state index contributed by atoms with van der Waals surface area (Å²) >= 11 is 0. The lowest BCUT2D eigenvalue weighted by Gasteiger charge is -2.18. The standard InChI is InChI=1S/C11H15N3O/c1-14(7-3-6-12)9-4-5-10(13)11(8-9)15-2/h4-5,8H,3,7,13H2,1-2H3. The van der Waals surface area contributed by atoms with Crippen LogP contribution in [-0.4, -0.2) is 20.7 Å². The molecule has 0 spiro atoms. The fourth-order valence-electron chi connectivity index (χ4n) is 1.28. The summed E-state index contributed by atoms with van der Waals surface area (Å²) in [7, 11) is 3.52. The Labute approximate surface area is 89.9 Å². The highest BCUT2D eigenvalue weighted by molar-refractivity contribution is 5.62. The average Bonchev–Trinajstić information content (AvgIpc) is 2.26. The Morgan fingerprint density at radius 2 is 2.27 bits per heavy atom. The van der Waals surface area contributed by atoms with Crippen molar-refractivity contribution in [3.8, 4) is 11.8 Å². The molecule has 0 aromatic heterocycles. The number of nitriles is 1. The first-order valence-corrected chi connectivity index (χ1v) is 4.70. The summed E-state index contributed by atoms with van der Waals surface area (Å²) in [5.74, 6) is 0.663. The lowest BCUT2D eigenvalue weighted by atomic mass is 10.2. The van der Waals surface area contributed by atoms with E-state index in [1.807, 2.05) is 24.1 Å². The lowest BCUT2D eigenvalue weighted by Crippen LogP contribution is -2.18. The van der Waals surface area contributed by atoms with Gasteiger partial charge < -0.3 is 15.4 Å². The Hall–Kier alpha value is -1.89. The first kappa shape index (κ1) is 11.2. The molecule has 2 N–H and O–H groups in total. The van der Waals surface area contributed by atoms with Gasteiger partial charge in [-0.05, 0) is 12.1 Å². The van der Waals surface area contributed by atoms with Gasteiger partial charge in [0, 0.05) is 25.3 Å². The third-order valence-electron chi connectivity index (χ3n) is 2.22. The van der Waals surface area contributed by atoms with Crippen LogP contribution in [0.3, 0.4) is 0 Å². The van der Waals surface area contributed by atoms with Crippen molar-refractivity contribution in [3.05, 3.63) is 18.2 Å². The number of ether oxygens (including phenoxy) is 1. The van der Waals surface area contributed by atoms with Crippen LogP contribution in [0.4, 0.5) is 11.4 Å². The molecule has 80 valence electrons. The van der Waals surface area contributed by atoms with Gasteiger partial charge in [0.25, 0.3) is 0 Å². The van der Waals surface area contributed by atoms with Crippen molar-refractivity contribution >= 4 is 11.4 Å². The topological polar surface area (TPSA) is 62.3 Å². The van der Waals surface area contributed by atoms with Gasteiger partial charge in [0.2, 0.25) is 0 Å². The van der Waals surface area contributed by atoms with E-state index in [-0.39, 0.29) is 0 Å². The van der Waals surface area contributed by atoms with Crippen molar-refractivity contribution in [2.75, 3.05) is 31.3 Å². The highest BCUT2D eigenvalue weighted by atomic mass is 16.5. The zero-order chi connectivity index (χ0) is 11.3. The molecule has 0 amide bonds. The molecule has 0 radical (unpaired) electrons. The lowest BCUT2D eigenvalue weighted by molar-refractivity contribution is 0.417. The number of nitrogens with two attached hydrogens (primary N) is 1. The fourth-order valence-corrected chi connectivity index (χ4v) is 1.28. The summed E-state index contributed by atoms with van der Waals surface area (Å²) in [5.41, 5.74) is 7.32. The third kappa shape index (κ3) is 2.78. The Balaban J connectivity index is 2.82. The molecule has 0 saturated heterocycles. The molecule has 0 fully saturated rings. The van der Waals surface area contributed by atoms with Crippen molar-refractivity contribution in [2.24, 2.45) is 0 Å². The van der Waals surface area contributed by atoms with Crippen molar-refractivity contribution in [1.82, 2.24) is 0 Å². The van der Waals surface area contributed by atoms with Gasteiger partial charge in [-0.25, -0.2) is 0 Å². The van der Waals surface area contributed by atoms with Gasteiger partial charge in [-0.15, -0.1) is 0 Å². The molecular formula is C11H15N3O. The van der Waals surface area contributed by atoms with Crippen LogP contribution in [0.1, 0.15) is 6.42 Å². The first-order chi connectivity index (χ1) is 7.19. The summed E-state index contributed by atoms with van der Waals surface area (Å²) in [6, 6.07) is 7.69. The molecule has 1 aromatic carbocycles. The van der Waals surface area contributed by atoms with Crippen LogP contribution in [0.2, 0.25) is 0 Å². The molecule has 0 aliphatic rings. The second-order valence-corrected chi connectivity index (χ2v) is 3.26. The molecule has 0 bridgehead atoms. The van der Waals surface area contributed by atoms with Gasteiger partial charge in [0.05, 0.1) is 25.3 Å². The van der Waals surface area contributed by atoms with Crippen LogP contribution >= 0.6 is 0 Å². The van der Waals surface area contributed by atoms with Gasteiger partial charge in [-0.2, -0.15) is 5.26 Å². The zero-order valence-electron chi connectivity index (χ0n) is 9.03. The maximum absolute atomic E-state index is 8.49. The smallest absolute Gasteiger partial charge is 0.143 e. The number of methoxy groups -OCH3 is 1. The van der Waals surface area contributed by atoms with E-state index in [2.05, 4.69) is 6.07 Å². The van der Waals surface area contributed by atoms with Gasteiger partial charge in [-0.3, -0.25) is 0 Å². The molecule has 1 aromatic rings. The average molecular weight is 205 g/mol. The monoisotopic (exact) mass is 205 g/mol. The van der Waals surface area contributed by atoms with E-state index in [1.165, 1.54) is 0 Å². The zero-order valence-corrected chi connectivity index (χ0v) is 9.03. The van der Waals surface area contributed by atoms with Crippen LogP contribution in [0.5, 0.6) is 5.75 Å². The van der Waals surface area contributed by atoms with Crippen LogP contribution in [0.25, 0.3) is 0 Å². The molecule has 15 heavy (non-hydrogen) atoms. The normalized spacial score (nSPS) is 9.40. The number of rotatable bonds is 4. The van der Waals surface area contributed by atoms with Gasteiger partial charge in [0.15, 0.2) is 0 Å². The Morgan fingerprint density at radius 3 is 2.87 bits per heavy atom. The summed E-state index contributed by atoms with van der Waals surface area (Å²) in [5, 5.41) is 8.49. The fraction of sp³-hybridized carbons (Fsp3) is 0.364. The molecule has 4 nitrogen and oxygen atoms in total. The van der Waals surface area contributed by atoms with E-state index in [0.717, 1.165) is 5.69 Å². The molecule has 0 aliphatic heterocycles. The van der Waals surface area contributed by atoms with E-state index in [4.69, 9.17) is 15.7 Å². The van der Waals surface area contributed by atoms with Crippen molar-refractivity contribution in [2.45, 2.75) is 6.42 Å². The summed E-state index contributed by atoms with van der Waals surface area (Å²) in [6.45, 7) is 0.698. The van der Waals surface area contributed by atoms with Crippen molar-refractivity contribution in [3.63, 3.8) is 0 Å². The molecule has 0 aliphatic carbocycles. The summed E-state index contributed by atoms with van der Waals surface area (Å²) in [6.07, 6.45) is 0.503. The van der Waals surface area contributed by atoms with Gasteiger partial charge in [0.1, 0.15) is 5.75 Å². The molecule has 0 atom stereocenters. The maximum atomic E-state index is 8.49. The molecule has 1 rings (SSSR count). The summed E-state index contributed by atoms with van der Waals surface area (Å²) in [4.78, 5) is 1.99. The van der Waals surface area contributed by atoms with Crippen LogP contribution < -0.4 is 15.4 Å². The van der Waals surface area contributed by atoms with E-state index in [1.54, 1.807) is 13.2 Å². The first-order valence-electron chi connectivity index (χ1n) is 4.70. The molecule has 0 saturated carbocycles. The Morgan fingerprint density at radius 1 is 1.53 bits per heavy atom. The third-order valence-corrected chi connectivity index (χ3v) is 2.22. The predicted octanol–water partition coefficient (Wildman–Crippen LogP) is 1.63. The number of nitrogens with zero attached hydrogens (tertiary/aromatic N) is 2. The van der Waals surface area contributed by atoms with Crippen LogP contribution in [0.15, 0.2) is 18.2 Å². The summed E-state index contributed by atoms with van der Waals surface area (Å²) < 4.78 is 5.12. The van der Waals surface area contributed by atoms with E-state index >= 15 is 0 Å². The molecule has 0 unspecified atom stereocenters. The van der Waals surface area contributed by atoms with Crippen LogP contribution in [0, 0.1) is 11.3 Å². The Bertz CT molecular complexity index is 371. The second kappa shape index (κ2) is 5.11. The Kier molecular flexibility index (Phi) is 3.81. The molecule has 4 heteroatoms. The minimum absolute atomic E-state index is 0.503. The number of nitrogen functional groups attached to an aromatic ring is 1. The number of benzene rings is 1. The second-order valence-electron chi connectivity index (χ2n) is 3.26. The van der Waals surface area contributed by atoms with E-state index < -0.39 is 0 Å². The highest BCUT2D eigenvalue weighted by Crippen LogP contribution is 2.26. The van der Waals surface area contributed by atoms with Gasteiger partial charge >= 0.3 is 0 Å². The minimum Gasteiger partial charge on any atom is -0.495 e. The molecular weight excluding hydrogens is 190 g/mol.